The summed E-state index contributed by atoms with van der Waals surface area (Å²) in [6.07, 6.45) is 2.90. The summed E-state index contributed by atoms with van der Waals surface area (Å²) in [7, 11) is 0. The predicted octanol–water partition coefficient (Wildman–Crippen LogP) is 4.86. The van der Waals surface area contributed by atoms with Crippen LogP contribution in [0.2, 0.25) is 0 Å². The third-order valence-corrected chi connectivity index (χ3v) is 6.44. The quantitative estimate of drug-likeness (QED) is 0.798. The first-order valence-electron chi connectivity index (χ1n) is 10.2. The van der Waals surface area contributed by atoms with Crippen molar-refractivity contribution in [1.29, 1.82) is 0 Å². The second-order valence-electron chi connectivity index (χ2n) is 9.07. The highest BCUT2D eigenvalue weighted by Gasteiger charge is 2.37. The molecule has 2 N–H and O–H groups in total. The molecule has 0 heterocycles. The van der Waals surface area contributed by atoms with Crippen LogP contribution in [0.15, 0.2) is 48.5 Å². The summed E-state index contributed by atoms with van der Waals surface area (Å²) < 4.78 is 5.56. The van der Waals surface area contributed by atoms with Crippen molar-refractivity contribution in [1.82, 2.24) is 5.32 Å². The van der Waals surface area contributed by atoms with E-state index in [1.807, 2.05) is 24.3 Å². The number of fused-ring (bicyclic) bond motifs is 3. The van der Waals surface area contributed by atoms with Gasteiger partial charge in [-0.1, -0.05) is 62.4 Å². The van der Waals surface area contributed by atoms with Crippen molar-refractivity contribution in [2.75, 3.05) is 13.2 Å². The van der Waals surface area contributed by atoms with Crippen LogP contribution < -0.4 is 5.32 Å². The van der Waals surface area contributed by atoms with Crippen molar-refractivity contribution in [3.8, 4) is 11.1 Å². The highest BCUT2D eigenvalue weighted by molar-refractivity contribution is 5.79. The van der Waals surface area contributed by atoms with Crippen LogP contribution in [0.4, 0.5) is 4.79 Å². The smallest absolute Gasteiger partial charge is 0.407 e. The molecule has 0 spiro atoms. The van der Waals surface area contributed by atoms with Crippen LogP contribution in [0.25, 0.3) is 11.1 Å². The first-order valence-corrected chi connectivity index (χ1v) is 10.2. The zero-order valence-corrected chi connectivity index (χ0v) is 16.7. The Bertz CT molecular complexity index is 818. The second-order valence-corrected chi connectivity index (χ2v) is 9.07. The van der Waals surface area contributed by atoms with Crippen molar-refractivity contribution < 1.29 is 14.6 Å². The number of aliphatic hydroxyl groups is 1. The fraction of sp³-hybridized carbons (Fsp3) is 0.458. The minimum absolute atomic E-state index is 0.0525. The fourth-order valence-electron chi connectivity index (χ4n) is 4.46. The summed E-state index contributed by atoms with van der Waals surface area (Å²) in [5.41, 5.74) is 4.28. The Labute approximate surface area is 166 Å². The maximum Gasteiger partial charge on any atom is 0.407 e. The predicted molar refractivity (Wildman–Crippen MR) is 110 cm³/mol. The number of carbonyl (C=O) groups excluding carboxylic acids is 1. The zero-order valence-electron chi connectivity index (χ0n) is 16.7. The number of hydrogen-bond donors (Lipinski definition) is 2. The molecule has 1 amide bonds. The summed E-state index contributed by atoms with van der Waals surface area (Å²) in [6.45, 7) is 5.00. The van der Waals surface area contributed by atoms with E-state index in [2.05, 4.69) is 43.4 Å². The maximum atomic E-state index is 12.3. The molecule has 4 rings (SSSR count). The lowest BCUT2D eigenvalue weighted by Gasteiger charge is -2.40. The molecule has 2 aromatic carbocycles. The van der Waals surface area contributed by atoms with E-state index in [-0.39, 0.29) is 17.9 Å². The van der Waals surface area contributed by atoms with Gasteiger partial charge in [0.05, 0.1) is 5.60 Å². The Kier molecular flexibility index (Phi) is 4.92. The van der Waals surface area contributed by atoms with Crippen LogP contribution >= 0.6 is 0 Å². The van der Waals surface area contributed by atoms with Gasteiger partial charge >= 0.3 is 6.09 Å². The Morgan fingerprint density at radius 2 is 1.54 bits per heavy atom. The summed E-state index contributed by atoms with van der Waals surface area (Å²) >= 11 is 0. The number of ether oxygens (including phenoxy) is 1. The molecule has 2 aromatic rings. The molecule has 0 aromatic heterocycles. The van der Waals surface area contributed by atoms with Crippen LogP contribution in [0.5, 0.6) is 0 Å². The van der Waals surface area contributed by atoms with E-state index in [0.717, 1.165) is 12.8 Å². The molecule has 4 nitrogen and oxygen atoms in total. The molecule has 2 aliphatic rings. The number of nitrogens with one attached hydrogen (secondary N) is 1. The minimum atomic E-state index is -0.818. The molecule has 0 saturated heterocycles. The molecule has 28 heavy (non-hydrogen) atoms. The van der Waals surface area contributed by atoms with Gasteiger partial charge in [-0.2, -0.15) is 0 Å². The molecule has 1 saturated carbocycles. The Morgan fingerprint density at radius 3 is 2.11 bits per heavy atom. The number of amides is 1. The van der Waals surface area contributed by atoms with E-state index in [9.17, 15) is 9.90 Å². The average molecular weight is 380 g/mol. The molecule has 0 radical (unpaired) electrons. The van der Waals surface area contributed by atoms with E-state index in [0.29, 0.717) is 19.4 Å². The van der Waals surface area contributed by atoms with Gasteiger partial charge in [0.1, 0.15) is 6.61 Å². The summed E-state index contributed by atoms with van der Waals surface area (Å²) in [5, 5.41) is 13.5. The van der Waals surface area contributed by atoms with Gasteiger partial charge in [-0.25, -0.2) is 4.79 Å². The summed E-state index contributed by atoms with van der Waals surface area (Å²) in [4.78, 5) is 12.3. The van der Waals surface area contributed by atoms with Gasteiger partial charge in [-0.15, -0.1) is 0 Å². The van der Waals surface area contributed by atoms with Crippen molar-refractivity contribution in [2.45, 2.75) is 51.0 Å². The highest BCUT2D eigenvalue weighted by Crippen LogP contribution is 2.44. The summed E-state index contributed by atoms with van der Waals surface area (Å²) in [5.74, 6) is 0.0525. The van der Waals surface area contributed by atoms with Gasteiger partial charge in [0, 0.05) is 12.5 Å². The Balaban J connectivity index is 1.35. The van der Waals surface area contributed by atoms with E-state index < -0.39 is 11.7 Å². The van der Waals surface area contributed by atoms with Crippen molar-refractivity contribution in [3.63, 3.8) is 0 Å². The van der Waals surface area contributed by atoms with Gasteiger partial charge in [0.25, 0.3) is 0 Å². The second kappa shape index (κ2) is 7.25. The van der Waals surface area contributed by atoms with E-state index in [1.54, 1.807) is 0 Å². The van der Waals surface area contributed by atoms with E-state index in [4.69, 9.17) is 4.74 Å². The van der Waals surface area contributed by atoms with Gasteiger partial charge < -0.3 is 15.2 Å². The normalized spacial score (nSPS) is 19.5. The SMILES string of the molecule is CC1(C)CCC(O)(CNC(=O)OCC2c3ccccc3-c3ccccc32)CC1. The van der Waals surface area contributed by atoms with E-state index in [1.165, 1.54) is 22.3 Å². The zero-order chi connectivity index (χ0) is 19.8. The molecule has 0 atom stereocenters. The van der Waals surface area contributed by atoms with E-state index >= 15 is 0 Å². The van der Waals surface area contributed by atoms with Crippen LogP contribution in [0, 0.1) is 5.41 Å². The number of hydrogen-bond acceptors (Lipinski definition) is 3. The van der Waals surface area contributed by atoms with Crippen molar-refractivity contribution >= 4 is 6.09 Å². The molecule has 1 fully saturated rings. The molecule has 4 heteroatoms. The molecular formula is C24H29NO3. The third-order valence-electron chi connectivity index (χ3n) is 6.44. The van der Waals surface area contributed by atoms with Gasteiger partial charge in [-0.05, 0) is 53.4 Å². The maximum absolute atomic E-state index is 12.3. The standard InChI is InChI=1S/C24H29NO3/c1-23(2)11-13-24(27,14-12-23)16-25-22(26)28-15-21-19-9-5-3-7-17(19)18-8-4-6-10-20(18)21/h3-10,21,27H,11-16H2,1-2H3,(H,25,26). The lowest BCUT2D eigenvalue weighted by atomic mass is 9.71. The molecular weight excluding hydrogens is 350 g/mol. The van der Waals surface area contributed by atoms with Gasteiger partial charge in [0.15, 0.2) is 0 Å². The Hall–Kier alpha value is -2.33. The van der Waals surface area contributed by atoms with Crippen molar-refractivity contribution in [3.05, 3.63) is 59.7 Å². The number of benzene rings is 2. The lowest BCUT2D eigenvalue weighted by Crippen LogP contribution is -2.46. The number of rotatable bonds is 4. The fourth-order valence-corrected chi connectivity index (χ4v) is 4.46. The van der Waals surface area contributed by atoms with Crippen LogP contribution in [0.3, 0.4) is 0 Å². The monoisotopic (exact) mass is 379 g/mol. The molecule has 2 aliphatic carbocycles. The number of alkyl carbamates (subject to hydrolysis) is 1. The van der Waals surface area contributed by atoms with Crippen LogP contribution in [-0.4, -0.2) is 30.0 Å². The van der Waals surface area contributed by atoms with Gasteiger partial charge in [-0.3, -0.25) is 0 Å². The molecule has 148 valence electrons. The van der Waals surface area contributed by atoms with Gasteiger partial charge in [0.2, 0.25) is 0 Å². The number of carbonyl (C=O) groups is 1. The topological polar surface area (TPSA) is 58.6 Å². The minimum Gasteiger partial charge on any atom is -0.449 e. The average Bonchev–Trinajstić information content (AvgIpc) is 3.02. The lowest BCUT2D eigenvalue weighted by molar-refractivity contribution is -0.0241. The third kappa shape index (κ3) is 3.79. The van der Waals surface area contributed by atoms with Crippen LogP contribution in [-0.2, 0) is 4.74 Å². The summed E-state index contributed by atoms with van der Waals surface area (Å²) in [6, 6.07) is 16.6. The molecule has 0 bridgehead atoms. The Morgan fingerprint density at radius 1 is 1.00 bits per heavy atom. The van der Waals surface area contributed by atoms with Crippen LogP contribution in [0.1, 0.15) is 56.6 Å². The molecule has 0 unspecified atom stereocenters. The highest BCUT2D eigenvalue weighted by atomic mass is 16.5. The van der Waals surface area contributed by atoms with Crippen molar-refractivity contribution in [2.24, 2.45) is 5.41 Å². The molecule has 0 aliphatic heterocycles. The first-order chi connectivity index (χ1) is 13.4. The largest absolute Gasteiger partial charge is 0.449 e. The first kappa shape index (κ1) is 19.0.